The van der Waals surface area contributed by atoms with Gasteiger partial charge in [0, 0.05) is 6.42 Å². The predicted molar refractivity (Wildman–Crippen MR) is 41.7 cm³/mol. The summed E-state index contributed by atoms with van der Waals surface area (Å²) in [5, 5.41) is 0. The van der Waals surface area contributed by atoms with Crippen LogP contribution in [0, 0.1) is 0 Å². The maximum Gasteiger partial charge on any atom is 0.230 e. The van der Waals surface area contributed by atoms with E-state index >= 15 is 0 Å². The van der Waals surface area contributed by atoms with Crippen molar-refractivity contribution >= 4 is 0 Å². The van der Waals surface area contributed by atoms with Crippen LogP contribution < -0.4 is 0 Å². The van der Waals surface area contributed by atoms with Crippen LogP contribution in [0.15, 0.2) is 23.2 Å². The van der Waals surface area contributed by atoms with Crippen LogP contribution in [0.25, 0.3) is 0 Å². The van der Waals surface area contributed by atoms with Crippen molar-refractivity contribution in [2.24, 2.45) is 0 Å². The molecule has 0 spiro atoms. The highest BCUT2D eigenvalue weighted by Gasteiger charge is 2.19. The molecule has 0 unspecified atom stereocenters. The smallest absolute Gasteiger partial charge is 0.230 e. The van der Waals surface area contributed by atoms with Crippen molar-refractivity contribution in [3.8, 4) is 0 Å². The first-order valence-corrected chi connectivity index (χ1v) is 4.08. The topological polar surface area (TPSA) is 18.5 Å². The van der Waals surface area contributed by atoms with Crippen LogP contribution in [0.4, 0.5) is 0 Å². The molecular formula is C9H12O2. The Balaban J connectivity index is 2.21. The van der Waals surface area contributed by atoms with Gasteiger partial charge in [0.1, 0.15) is 5.76 Å². The summed E-state index contributed by atoms with van der Waals surface area (Å²) in [4.78, 5) is 0. The Kier molecular flexibility index (Phi) is 1.60. The van der Waals surface area contributed by atoms with Gasteiger partial charge < -0.3 is 9.47 Å². The third kappa shape index (κ3) is 1.13. The van der Waals surface area contributed by atoms with Gasteiger partial charge in [-0.3, -0.25) is 0 Å². The molecule has 0 amide bonds. The lowest BCUT2D eigenvalue weighted by atomic mass is 10.0. The SMILES string of the molecule is CCC1=CC2=C(CC1)OCO2. The number of rotatable bonds is 1. The van der Waals surface area contributed by atoms with Crippen LogP contribution in [-0.2, 0) is 9.47 Å². The van der Waals surface area contributed by atoms with Gasteiger partial charge in [0.2, 0.25) is 6.79 Å². The Labute approximate surface area is 66.5 Å². The van der Waals surface area contributed by atoms with E-state index in [1.165, 1.54) is 5.57 Å². The van der Waals surface area contributed by atoms with E-state index in [2.05, 4.69) is 13.0 Å². The standard InChI is InChI=1S/C9H12O2/c1-2-7-3-4-8-9(5-7)11-6-10-8/h5H,2-4,6H2,1H3. The average Bonchev–Trinajstić information content (AvgIpc) is 2.50. The Morgan fingerprint density at radius 3 is 3.09 bits per heavy atom. The summed E-state index contributed by atoms with van der Waals surface area (Å²) >= 11 is 0. The Morgan fingerprint density at radius 1 is 1.36 bits per heavy atom. The monoisotopic (exact) mass is 152 g/mol. The van der Waals surface area contributed by atoms with Gasteiger partial charge in [-0.15, -0.1) is 0 Å². The minimum absolute atomic E-state index is 0.415. The van der Waals surface area contributed by atoms with Gasteiger partial charge in [0.15, 0.2) is 5.76 Å². The maximum absolute atomic E-state index is 5.27. The van der Waals surface area contributed by atoms with E-state index in [4.69, 9.17) is 9.47 Å². The van der Waals surface area contributed by atoms with Gasteiger partial charge in [0.05, 0.1) is 0 Å². The predicted octanol–water partition coefficient (Wildman–Crippen LogP) is 2.33. The summed E-state index contributed by atoms with van der Waals surface area (Å²) in [5.41, 5.74) is 1.47. The largest absolute Gasteiger partial charge is 0.458 e. The molecule has 0 fully saturated rings. The van der Waals surface area contributed by atoms with Crippen LogP contribution in [0.2, 0.25) is 0 Å². The van der Waals surface area contributed by atoms with Crippen LogP contribution in [-0.4, -0.2) is 6.79 Å². The summed E-state index contributed by atoms with van der Waals surface area (Å²) in [6, 6.07) is 0. The summed E-state index contributed by atoms with van der Waals surface area (Å²) in [6.07, 6.45) is 5.40. The number of ether oxygens (including phenoxy) is 2. The van der Waals surface area contributed by atoms with Crippen molar-refractivity contribution in [2.45, 2.75) is 26.2 Å². The molecule has 60 valence electrons. The fourth-order valence-electron chi connectivity index (χ4n) is 1.44. The van der Waals surface area contributed by atoms with Crippen molar-refractivity contribution in [1.82, 2.24) is 0 Å². The van der Waals surface area contributed by atoms with Gasteiger partial charge in [-0.05, 0) is 18.9 Å². The zero-order valence-corrected chi connectivity index (χ0v) is 6.72. The molecule has 11 heavy (non-hydrogen) atoms. The van der Waals surface area contributed by atoms with E-state index in [0.29, 0.717) is 6.79 Å². The van der Waals surface area contributed by atoms with E-state index in [9.17, 15) is 0 Å². The molecule has 1 heterocycles. The maximum atomic E-state index is 5.27. The zero-order chi connectivity index (χ0) is 7.68. The van der Waals surface area contributed by atoms with Crippen molar-refractivity contribution in [3.63, 3.8) is 0 Å². The van der Waals surface area contributed by atoms with Crippen molar-refractivity contribution in [3.05, 3.63) is 23.2 Å². The van der Waals surface area contributed by atoms with Crippen LogP contribution >= 0.6 is 0 Å². The van der Waals surface area contributed by atoms with Gasteiger partial charge in [-0.1, -0.05) is 12.5 Å². The second kappa shape index (κ2) is 2.61. The third-order valence-corrected chi connectivity index (χ3v) is 2.18. The second-order valence-electron chi connectivity index (χ2n) is 2.85. The van der Waals surface area contributed by atoms with E-state index in [1.807, 2.05) is 0 Å². The first-order valence-electron chi connectivity index (χ1n) is 4.08. The van der Waals surface area contributed by atoms with E-state index in [1.54, 1.807) is 0 Å². The molecule has 2 nitrogen and oxygen atoms in total. The molecule has 0 radical (unpaired) electrons. The number of hydrogen-bond acceptors (Lipinski definition) is 2. The molecule has 0 saturated carbocycles. The first-order chi connectivity index (χ1) is 5.40. The highest BCUT2D eigenvalue weighted by molar-refractivity contribution is 5.27. The summed E-state index contributed by atoms with van der Waals surface area (Å²) < 4.78 is 10.5. The molecular weight excluding hydrogens is 140 g/mol. The summed E-state index contributed by atoms with van der Waals surface area (Å²) in [5.74, 6) is 2.01. The highest BCUT2D eigenvalue weighted by Crippen LogP contribution is 2.30. The molecule has 2 rings (SSSR count). The molecule has 1 aliphatic heterocycles. The molecule has 0 N–H and O–H groups in total. The lowest BCUT2D eigenvalue weighted by molar-refractivity contribution is 0.0729. The minimum Gasteiger partial charge on any atom is -0.458 e. The lowest BCUT2D eigenvalue weighted by Gasteiger charge is -2.10. The van der Waals surface area contributed by atoms with Crippen LogP contribution in [0.3, 0.4) is 0 Å². The van der Waals surface area contributed by atoms with Crippen LogP contribution in [0.5, 0.6) is 0 Å². The van der Waals surface area contributed by atoms with Crippen molar-refractivity contribution in [2.75, 3.05) is 6.79 Å². The summed E-state index contributed by atoms with van der Waals surface area (Å²) in [7, 11) is 0. The average molecular weight is 152 g/mol. The molecule has 2 heteroatoms. The molecule has 1 aliphatic carbocycles. The Bertz CT molecular complexity index is 226. The molecule has 0 saturated heterocycles. The third-order valence-electron chi connectivity index (χ3n) is 2.18. The van der Waals surface area contributed by atoms with E-state index < -0.39 is 0 Å². The van der Waals surface area contributed by atoms with Gasteiger partial charge in [-0.25, -0.2) is 0 Å². The van der Waals surface area contributed by atoms with Gasteiger partial charge in [0.25, 0.3) is 0 Å². The molecule has 0 aromatic heterocycles. The minimum atomic E-state index is 0.415. The molecule has 0 aromatic carbocycles. The van der Waals surface area contributed by atoms with Crippen molar-refractivity contribution in [1.29, 1.82) is 0 Å². The molecule has 0 bridgehead atoms. The molecule has 2 aliphatic rings. The van der Waals surface area contributed by atoms with Gasteiger partial charge >= 0.3 is 0 Å². The van der Waals surface area contributed by atoms with E-state index in [0.717, 1.165) is 30.8 Å². The second-order valence-corrected chi connectivity index (χ2v) is 2.85. The van der Waals surface area contributed by atoms with Crippen molar-refractivity contribution < 1.29 is 9.47 Å². The normalized spacial score (nSPS) is 22.1. The fraction of sp³-hybridized carbons (Fsp3) is 0.556. The fourth-order valence-corrected chi connectivity index (χ4v) is 1.44. The number of allylic oxidation sites excluding steroid dienone is 3. The van der Waals surface area contributed by atoms with Crippen LogP contribution in [0.1, 0.15) is 26.2 Å². The number of hydrogen-bond donors (Lipinski definition) is 0. The van der Waals surface area contributed by atoms with Gasteiger partial charge in [-0.2, -0.15) is 0 Å². The van der Waals surface area contributed by atoms with E-state index in [-0.39, 0.29) is 0 Å². The first kappa shape index (κ1) is 6.77. The quantitative estimate of drug-likeness (QED) is 0.574. The Hall–Kier alpha value is -0.920. The zero-order valence-electron chi connectivity index (χ0n) is 6.72. The summed E-state index contributed by atoms with van der Waals surface area (Å²) in [6.45, 7) is 2.59. The molecule has 0 atom stereocenters. The highest BCUT2D eigenvalue weighted by atomic mass is 16.7. The lowest BCUT2D eigenvalue weighted by Crippen LogP contribution is -1.95. The Morgan fingerprint density at radius 2 is 2.27 bits per heavy atom. The molecule has 0 aromatic rings.